The summed E-state index contributed by atoms with van der Waals surface area (Å²) >= 11 is 0. The second-order valence-corrected chi connectivity index (χ2v) is 4.31. The van der Waals surface area contributed by atoms with E-state index in [2.05, 4.69) is 36.4 Å². The van der Waals surface area contributed by atoms with Crippen molar-refractivity contribution < 1.29 is 0 Å². The summed E-state index contributed by atoms with van der Waals surface area (Å²) in [5, 5.41) is 0. The maximum Gasteiger partial charge on any atom is -0.0257 e. The molecular weight excluding hydrogens is 240 g/mol. The molecule has 0 aliphatic heterocycles. The van der Waals surface area contributed by atoms with Gasteiger partial charge >= 0.3 is 0 Å². The van der Waals surface area contributed by atoms with Gasteiger partial charge in [-0.2, -0.15) is 0 Å². The Morgan fingerprint density at radius 1 is 0.400 bits per heavy atom. The van der Waals surface area contributed by atoms with Gasteiger partial charge in [-0.15, -0.1) is 0 Å². The molecular formula is C20H18. The monoisotopic (exact) mass is 258 g/mol. The Morgan fingerprint density at radius 3 is 1.15 bits per heavy atom. The van der Waals surface area contributed by atoms with Crippen molar-refractivity contribution >= 4 is 12.2 Å². The molecule has 2 rings (SSSR count). The fourth-order valence-corrected chi connectivity index (χ4v) is 1.72. The van der Waals surface area contributed by atoms with Gasteiger partial charge in [-0.25, -0.2) is 0 Å². The minimum absolute atomic E-state index is 1.21. The Balaban J connectivity index is 1.77. The fraction of sp³-hybridized carbons (Fsp3) is 0. The summed E-state index contributed by atoms with van der Waals surface area (Å²) in [5.41, 5.74) is 2.43. The van der Waals surface area contributed by atoms with Crippen LogP contribution in [0.5, 0.6) is 0 Å². The number of benzene rings is 2. The van der Waals surface area contributed by atoms with Gasteiger partial charge < -0.3 is 0 Å². The zero-order chi connectivity index (χ0) is 13.9. The van der Waals surface area contributed by atoms with E-state index in [-0.39, 0.29) is 0 Å². The van der Waals surface area contributed by atoms with Gasteiger partial charge in [0.05, 0.1) is 0 Å². The Labute approximate surface area is 121 Å². The third-order valence-electron chi connectivity index (χ3n) is 2.73. The lowest BCUT2D eigenvalue weighted by molar-refractivity contribution is 1.66. The summed E-state index contributed by atoms with van der Waals surface area (Å²) in [4.78, 5) is 0. The lowest BCUT2D eigenvalue weighted by Gasteiger charge is -1.88. The molecule has 2 aromatic rings. The first-order chi connectivity index (χ1) is 9.95. The highest BCUT2D eigenvalue weighted by atomic mass is 13.9. The molecule has 0 saturated heterocycles. The highest BCUT2D eigenvalue weighted by Crippen LogP contribution is 2.02. The lowest BCUT2D eigenvalue weighted by atomic mass is 10.2. The van der Waals surface area contributed by atoms with Gasteiger partial charge in [0.1, 0.15) is 0 Å². The van der Waals surface area contributed by atoms with Crippen LogP contribution < -0.4 is 0 Å². The van der Waals surface area contributed by atoms with Crippen molar-refractivity contribution in [3.8, 4) is 0 Å². The van der Waals surface area contributed by atoms with Crippen molar-refractivity contribution in [2.45, 2.75) is 0 Å². The number of hydrogen-bond donors (Lipinski definition) is 0. The summed E-state index contributed by atoms with van der Waals surface area (Å²) in [6.45, 7) is 0. The lowest BCUT2D eigenvalue weighted by Crippen LogP contribution is -1.66. The molecule has 0 unspecified atom stereocenters. The van der Waals surface area contributed by atoms with Crippen LogP contribution in [-0.4, -0.2) is 0 Å². The number of allylic oxidation sites excluding steroid dienone is 6. The fourth-order valence-electron chi connectivity index (χ4n) is 1.72. The first-order valence-corrected chi connectivity index (χ1v) is 6.73. The Hall–Kier alpha value is -2.60. The first-order valence-electron chi connectivity index (χ1n) is 6.73. The molecule has 0 bridgehead atoms. The molecule has 0 fully saturated rings. The highest BCUT2D eigenvalue weighted by molar-refractivity contribution is 5.52. The summed E-state index contributed by atoms with van der Waals surface area (Å²) < 4.78 is 0. The highest BCUT2D eigenvalue weighted by Gasteiger charge is 1.80. The topological polar surface area (TPSA) is 0 Å². The smallest absolute Gasteiger partial charge is 0.0257 e. The van der Waals surface area contributed by atoms with Gasteiger partial charge in [0.2, 0.25) is 0 Å². The summed E-state index contributed by atoms with van der Waals surface area (Å²) in [7, 11) is 0. The van der Waals surface area contributed by atoms with Crippen LogP contribution in [0, 0.1) is 0 Å². The quantitative estimate of drug-likeness (QED) is 0.619. The van der Waals surface area contributed by atoms with E-state index in [1.165, 1.54) is 11.1 Å². The van der Waals surface area contributed by atoms with E-state index < -0.39 is 0 Å². The average molecular weight is 258 g/mol. The van der Waals surface area contributed by atoms with Crippen LogP contribution in [0.1, 0.15) is 11.1 Å². The van der Waals surface area contributed by atoms with Crippen molar-refractivity contribution in [3.63, 3.8) is 0 Å². The maximum absolute atomic E-state index is 2.09. The minimum atomic E-state index is 1.21. The molecule has 0 spiro atoms. The minimum Gasteiger partial charge on any atom is -0.0623 e. The molecule has 0 atom stereocenters. The molecule has 0 radical (unpaired) electrons. The number of hydrogen-bond acceptors (Lipinski definition) is 0. The Kier molecular flexibility index (Phi) is 5.87. The second-order valence-electron chi connectivity index (χ2n) is 4.31. The number of rotatable bonds is 5. The van der Waals surface area contributed by atoms with E-state index in [4.69, 9.17) is 0 Å². The molecule has 0 aliphatic rings. The predicted molar refractivity (Wildman–Crippen MR) is 89.2 cm³/mol. The summed E-state index contributed by atoms with van der Waals surface area (Å²) in [6.07, 6.45) is 16.4. The van der Waals surface area contributed by atoms with Gasteiger partial charge in [-0.3, -0.25) is 0 Å². The standard InChI is InChI=1S/C20H18/c1(3-7-13-19-15-9-5-10-16-19)2-4-8-14-20-17-11-6-12-18-20/h1-18H/b3-1-,4-2+,13-7+,14-8-. The van der Waals surface area contributed by atoms with E-state index >= 15 is 0 Å². The van der Waals surface area contributed by atoms with Crippen LogP contribution in [0.2, 0.25) is 0 Å². The van der Waals surface area contributed by atoms with E-state index in [1.807, 2.05) is 72.9 Å². The van der Waals surface area contributed by atoms with Gasteiger partial charge in [0.15, 0.2) is 0 Å². The molecule has 0 amide bonds. The van der Waals surface area contributed by atoms with Crippen molar-refractivity contribution in [2.24, 2.45) is 0 Å². The van der Waals surface area contributed by atoms with E-state index in [9.17, 15) is 0 Å². The molecule has 0 aromatic heterocycles. The molecule has 98 valence electrons. The zero-order valence-electron chi connectivity index (χ0n) is 11.4. The van der Waals surface area contributed by atoms with Crippen molar-refractivity contribution in [1.29, 1.82) is 0 Å². The molecule has 0 heterocycles. The third-order valence-corrected chi connectivity index (χ3v) is 2.73. The van der Waals surface area contributed by atoms with Crippen LogP contribution in [0.25, 0.3) is 12.2 Å². The summed E-state index contributed by atoms with van der Waals surface area (Å²) in [6, 6.07) is 20.5. The van der Waals surface area contributed by atoms with Crippen molar-refractivity contribution in [3.05, 3.63) is 108 Å². The van der Waals surface area contributed by atoms with Gasteiger partial charge in [0, 0.05) is 0 Å². The first kappa shape index (κ1) is 13.8. The van der Waals surface area contributed by atoms with Gasteiger partial charge in [-0.05, 0) is 11.1 Å². The van der Waals surface area contributed by atoms with Crippen LogP contribution in [0.3, 0.4) is 0 Å². The average Bonchev–Trinajstić information content (AvgIpc) is 2.52. The van der Waals surface area contributed by atoms with E-state index in [1.54, 1.807) is 0 Å². The van der Waals surface area contributed by atoms with Gasteiger partial charge in [0.25, 0.3) is 0 Å². The van der Waals surface area contributed by atoms with Crippen molar-refractivity contribution in [1.82, 2.24) is 0 Å². The molecule has 0 aliphatic carbocycles. The SMILES string of the molecule is C(=C/C=C/c1ccccc1)/C=C/C=C\c1ccccc1. The van der Waals surface area contributed by atoms with Crippen LogP contribution >= 0.6 is 0 Å². The predicted octanol–water partition coefficient (Wildman–Crippen LogP) is 5.53. The van der Waals surface area contributed by atoms with Crippen LogP contribution in [0.15, 0.2) is 97.1 Å². The summed E-state index contributed by atoms with van der Waals surface area (Å²) in [5.74, 6) is 0. The second kappa shape index (κ2) is 8.49. The maximum atomic E-state index is 2.09. The third kappa shape index (κ3) is 5.36. The molecule has 0 N–H and O–H groups in total. The molecule has 0 nitrogen and oxygen atoms in total. The Bertz CT molecular complexity index is 542. The van der Waals surface area contributed by atoms with Crippen LogP contribution in [0.4, 0.5) is 0 Å². The molecule has 2 aromatic carbocycles. The molecule has 20 heavy (non-hydrogen) atoms. The largest absolute Gasteiger partial charge is 0.0623 e. The van der Waals surface area contributed by atoms with E-state index in [0.29, 0.717) is 0 Å². The molecule has 0 saturated carbocycles. The van der Waals surface area contributed by atoms with E-state index in [0.717, 1.165) is 0 Å². The van der Waals surface area contributed by atoms with Crippen LogP contribution in [-0.2, 0) is 0 Å². The van der Waals surface area contributed by atoms with Gasteiger partial charge in [-0.1, -0.05) is 109 Å². The normalized spacial score (nSPS) is 12.2. The zero-order valence-corrected chi connectivity index (χ0v) is 11.4. The Morgan fingerprint density at radius 2 is 0.750 bits per heavy atom. The van der Waals surface area contributed by atoms with Crippen molar-refractivity contribution in [2.75, 3.05) is 0 Å². The molecule has 0 heteroatoms.